The summed E-state index contributed by atoms with van der Waals surface area (Å²) in [6, 6.07) is 23.6. The van der Waals surface area contributed by atoms with E-state index in [9.17, 15) is 9.59 Å². The highest BCUT2D eigenvalue weighted by Crippen LogP contribution is 2.26. The van der Waals surface area contributed by atoms with Gasteiger partial charge in [0.1, 0.15) is 12.4 Å². The molecular weight excluding hydrogens is 398 g/mol. The van der Waals surface area contributed by atoms with Gasteiger partial charge in [0.2, 0.25) is 0 Å². The van der Waals surface area contributed by atoms with E-state index >= 15 is 0 Å². The quantitative estimate of drug-likeness (QED) is 0.332. The van der Waals surface area contributed by atoms with Crippen LogP contribution in [0.25, 0.3) is 10.2 Å². The van der Waals surface area contributed by atoms with Gasteiger partial charge < -0.3 is 15.8 Å². The van der Waals surface area contributed by atoms with Crippen LogP contribution in [0.3, 0.4) is 0 Å². The Morgan fingerprint density at radius 1 is 0.967 bits per heavy atom. The van der Waals surface area contributed by atoms with Gasteiger partial charge in [-0.05, 0) is 41.5 Å². The number of anilines is 1. The van der Waals surface area contributed by atoms with Crippen LogP contribution in [0.2, 0.25) is 0 Å². The molecule has 0 aliphatic heterocycles. The van der Waals surface area contributed by atoms with Gasteiger partial charge in [-0.2, -0.15) is 0 Å². The molecule has 3 aromatic carbocycles. The summed E-state index contributed by atoms with van der Waals surface area (Å²) in [5.41, 5.74) is 8.84. The predicted molar refractivity (Wildman–Crippen MR) is 118 cm³/mol. The lowest BCUT2D eigenvalue weighted by molar-refractivity contribution is -0.114. The maximum absolute atomic E-state index is 11.7. The number of rotatable bonds is 8. The van der Waals surface area contributed by atoms with E-state index in [2.05, 4.69) is 10.3 Å². The average Bonchev–Trinajstić information content (AvgIpc) is 3.20. The average molecular weight is 417 g/mol. The number of carbonyl (C=O) groups is 2. The molecule has 1 heterocycles. The number of aromatic nitrogens is 1. The normalized spacial score (nSPS) is 10.7. The molecule has 0 aliphatic carbocycles. The highest BCUT2D eigenvalue weighted by Gasteiger charge is 2.17. The van der Waals surface area contributed by atoms with E-state index in [1.54, 1.807) is 0 Å². The number of ketones is 1. The van der Waals surface area contributed by atoms with Crippen molar-refractivity contribution in [1.29, 1.82) is 0 Å². The zero-order valence-corrected chi connectivity index (χ0v) is 16.8. The van der Waals surface area contributed by atoms with Gasteiger partial charge in [0.05, 0.1) is 10.2 Å². The molecule has 4 rings (SSSR count). The topological polar surface area (TPSA) is 94.3 Å². The number of nitrogens with one attached hydrogen (secondary N) is 1. The first-order valence-corrected chi connectivity index (χ1v) is 10.1. The molecule has 0 bridgehead atoms. The van der Waals surface area contributed by atoms with Crippen molar-refractivity contribution in [3.05, 3.63) is 88.9 Å². The molecule has 6 nitrogen and oxygen atoms in total. The van der Waals surface area contributed by atoms with E-state index in [1.807, 2.05) is 72.8 Å². The molecule has 0 spiro atoms. The van der Waals surface area contributed by atoms with Crippen LogP contribution in [0.15, 0.2) is 72.8 Å². The van der Waals surface area contributed by atoms with E-state index in [1.165, 1.54) is 0 Å². The molecule has 0 saturated carbocycles. The highest BCUT2D eigenvalue weighted by atomic mass is 32.1. The van der Waals surface area contributed by atoms with E-state index in [0.717, 1.165) is 38.6 Å². The Labute approximate surface area is 177 Å². The monoisotopic (exact) mass is 417 g/mol. The van der Waals surface area contributed by atoms with Crippen LogP contribution in [0.5, 0.6) is 5.75 Å². The zero-order valence-electron chi connectivity index (χ0n) is 16.0. The van der Waals surface area contributed by atoms with Crippen LogP contribution < -0.4 is 15.8 Å². The van der Waals surface area contributed by atoms with Crippen LogP contribution in [0.1, 0.15) is 20.9 Å². The second kappa shape index (κ2) is 8.75. The molecule has 0 saturated heterocycles. The van der Waals surface area contributed by atoms with E-state index < -0.39 is 11.7 Å². The molecule has 4 aromatic rings. The summed E-state index contributed by atoms with van der Waals surface area (Å²) in [6.45, 7) is 1.17. The third-order valence-corrected chi connectivity index (χ3v) is 5.49. The summed E-state index contributed by atoms with van der Waals surface area (Å²) in [5.74, 6) is -0.941. The fourth-order valence-electron chi connectivity index (χ4n) is 2.89. The maximum atomic E-state index is 11.7. The second-order valence-electron chi connectivity index (χ2n) is 6.67. The van der Waals surface area contributed by atoms with Crippen LogP contribution >= 0.6 is 11.3 Å². The number of hydrogen-bond donors (Lipinski definition) is 2. The number of ether oxygens (including phenoxy) is 1. The first-order valence-electron chi connectivity index (χ1n) is 9.33. The number of benzene rings is 3. The fraction of sp³-hybridized carbons (Fsp3) is 0.0870. The number of carbonyl (C=O) groups excluding carboxylic acids is 2. The minimum absolute atomic E-state index is 0.112. The molecule has 1 aromatic heterocycles. The highest BCUT2D eigenvalue weighted by molar-refractivity contribution is 7.21. The summed E-state index contributed by atoms with van der Waals surface area (Å²) in [5, 5.41) is 3.46. The van der Waals surface area contributed by atoms with Gasteiger partial charge in [-0.25, -0.2) is 4.98 Å². The van der Waals surface area contributed by atoms with Crippen molar-refractivity contribution in [3.8, 4) is 5.75 Å². The minimum Gasteiger partial charge on any atom is -0.489 e. The molecule has 3 N–H and O–H groups in total. The number of amides is 1. The largest absolute Gasteiger partial charge is 0.489 e. The molecule has 7 heteroatoms. The van der Waals surface area contributed by atoms with Gasteiger partial charge in [0.25, 0.3) is 11.7 Å². The van der Waals surface area contributed by atoms with Gasteiger partial charge in [0.15, 0.2) is 5.01 Å². The van der Waals surface area contributed by atoms with Crippen molar-refractivity contribution in [1.82, 2.24) is 4.98 Å². The van der Waals surface area contributed by atoms with Gasteiger partial charge in [-0.3, -0.25) is 9.59 Å². The number of fused-ring (bicyclic) bond motifs is 1. The van der Waals surface area contributed by atoms with Gasteiger partial charge in [-0.15, -0.1) is 11.3 Å². The van der Waals surface area contributed by atoms with Gasteiger partial charge in [0, 0.05) is 12.2 Å². The fourth-order valence-corrected chi connectivity index (χ4v) is 3.84. The van der Waals surface area contributed by atoms with Crippen molar-refractivity contribution < 1.29 is 14.3 Å². The van der Waals surface area contributed by atoms with Crippen LogP contribution in [0, 0.1) is 0 Å². The second-order valence-corrected chi connectivity index (χ2v) is 7.70. The molecule has 0 aliphatic rings. The van der Waals surface area contributed by atoms with E-state index in [0.29, 0.717) is 18.7 Å². The lowest BCUT2D eigenvalue weighted by atomic mass is 10.2. The third-order valence-electron chi connectivity index (χ3n) is 4.47. The SMILES string of the molecule is NC(=O)C(=O)c1nc2ccc(NCc3ccc(OCc4ccccc4)cc3)cc2s1. The smallest absolute Gasteiger partial charge is 0.292 e. The number of nitrogens with two attached hydrogens (primary N) is 1. The van der Waals surface area contributed by atoms with Crippen molar-refractivity contribution in [3.63, 3.8) is 0 Å². The summed E-state index contributed by atoms with van der Waals surface area (Å²) < 4.78 is 6.62. The zero-order chi connectivity index (χ0) is 20.9. The Bertz CT molecular complexity index is 1190. The number of hydrogen-bond acceptors (Lipinski definition) is 6. The van der Waals surface area contributed by atoms with Gasteiger partial charge in [-0.1, -0.05) is 42.5 Å². The van der Waals surface area contributed by atoms with Crippen LogP contribution in [-0.2, 0) is 17.9 Å². The maximum Gasteiger partial charge on any atom is 0.292 e. The summed E-state index contributed by atoms with van der Waals surface area (Å²) in [7, 11) is 0. The van der Waals surface area contributed by atoms with Crippen molar-refractivity contribution in [2.24, 2.45) is 5.73 Å². The summed E-state index contributed by atoms with van der Waals surface area (Å²) in [6.07, 6.45) is 0. The Morgan fingerprint density at radius 3 is 2.47 bits per heavy atom. The van der Waals surface area contributed by atoms with E-state index in [-0.39, 0.29) is 5.01 Å². The molecule has 0 fully saturated rings. The number of primary amides is 1. The standard InChI is InChI=1S/C23H19N3O3S/c24-22(28)21(27)23-26-19-11-8-17(12-20(19)30-23)25-13-15-6-9-18(10-7-15)29-14-16-4-2-1-3-5-16/h1-12,25H,13-14H2,(H2,24,28). The molecule has 0 atom stereocenters. The molecule has 0 unspecified atom stereocenters. The number of nitrogens with zero attached hydrogens (tertiary/aromatic N) is 1. The molecule has 0 radical (unpaired) electrons. The Kier molecular flexibility index (Phi) is 5.72. The number of thiazole rings is 1. The minimum atomic E-state index is -0.997. The van der Waals surface area contributed by atoms with Crippen LogP contribution in [-0.4, -0.2) is 16.7 Å². The summed E-state index contributed by atoms with van der Waals surface area (Å²) in [4.78, 5) is 26.9. The molecule has 30 heavy (non-hydrogen) atoms. The van der Waals surface area contributed by atoms with Crippen LogP contribution in [0.4, 0.5) is 5.69 Å². The predicted octanol–water partition coefficient (Wildman–Crippen LogP) is 4.16. The Morgan fingerprint density at radius 2 is 1.73 bits per heavy atom. The molecular formula is C23H19N3O3S. The first kappa shape index (κ1) is 19.6. The van der Waals surface area contributed by atoms with Crippen molar-refractivity contribution in [2.75, 3.05) is 5.32 Å². The van der Waals surface area contributed by atoms with Crippen molar-refractivity contribution in [2.45, 2.75) is 13.2 Å². The third kappa shape index (κ3) is 4.64. The van der Waals surface area contributed by atoms with Crippen molar-refractivity contribution >= 4 is 38.9 Å². The van der Waals surface area contributed by atoms with E-state index in [4.69, 9.17) is 10.5 Å². The summed E-state index contributed by atoms with van der Waals surface area (Å²) >= 11 is 1.16. The Balaban J connectivity index is 1.36. The lowest BCUT2D eigenvalue weighted by Crippen LogP contribution is -2.22. The molecule has 1 amide bonds. The molecule has 150 valence electrons. The number of Topliss-reactive ketones (excluding diaryl/α,β-unsaturated/α-hetero) is 1. The Hall–Kier alpha value is -3.71. The lowest BCUT2D eigenvalue weighted by Gasteiger charge is -2.09. The first-order chi connectivity index (χ1) is 14.6. The van der Waals surface area contributed by atoms with Gasteiger partial charge >= 0.3 is 0 Å².